The molecule has 126 valence electrons. The van der Waals surface area contributed by atoms with E-state index in [2.05, 4.69) is 24.3 Å². The van der Waals surface area contributed by atoms with E-state index in [0.29, 0.717) is 29.6 Å². The van der Waals surface area contributed by atoms with E-state index in [9.17, 15) is 8.42 Å². The predicted octanol–water partition coefficient (Wildman–Crippen LogP) is 1.53. The highest BCUT2D eigenvalue weighted by Crippen LogP contribution is 2.26. The zero-order valence-corrected chi connectivity index (χ0v) is 15.1. The van der Waals surface area contributed by atoms with Crippen LogP contribution >= 0.6 is 0 Å². The van der Waals surface area contributed by atoms with Crippen molar-refractivity contribution in [2.24, 2.45) is 5.92 Å². The maximum atomic E-state index is 13.0. The summed E-state index contributed by atoms with van der Waals surface area (Å²) in [4.78, 5) is 0.393. The van der Waals surface area contributed by atoms with Gasteiger partial charge >= 0.3 is 0 Å². The summed E-state index contributed by atoms with van der Waals surface area (Å²) in [7, 11) is -1.58. The highest BCUT2D eigenvalue weighted by Gasteiger charge is 2.34. The Morgan fingerprint density at radius 3 is 2.64 bits per heavy atom. The van der Waals surface area contributed by atoms with Gasteiger partial charge in [0.2, 0.25) is 10.0 Å². The molecule has 1 N–H and O–H groups in total. The van der Waals surface area contributed by atoms with Gasteiger partial charge < -0.3 is 5.32 Å². The van der Waals surface area contributed by atoms with E-state index >= 15 is 0 Å². The number of sulfonamides is 1. The maximum Gasteiger partial charge on any atom is 0.246 e. The van der Waals surface area contributed by atoms with E-state index in [-0.39, 0.29) is 6.04 Å². The number of nitrogens with zero attached hydrogens (tertiary/aromatic N) is 3. The normalized spacial score (nSPS) is 20.7. The molecule has 7 heteroatoms. The molecule has 1 aliphatic rings. The molecule has 0 aromatic carbocycles. The first kappa shape index (κ1) is 17.4. The van der Waals surface area contributed by atoms with Crippen molar-refractivity contribution in [2.75, 3.05) is 20.1 Å². The van der Waals surface area contributed by atoms with Crippen LogP contribution in [0, 0.1) is 19.8 Å². The first-order valence-electron chi connectivity index (χ1n) is 7.98. The van der Waals surface area contributed by atoms with E-state index in [4.69, 9.17) is 0 Å². The lowest BCUT2D eigenvalue weighted by atomic mass is 10.1. The minimum Gasteiger partial charge on any atom is -0.316 e. The second-order valence-electron chi connectivity index (χ2n) is 6.57. The summed E-state index contributed by atoms with van der Waals surface area (Å²) in [6.07, 6.45) is 1.91. The van der Waals surface area contributed by atoms with Crippen molar-refractivity contribution in [2.45, 2.75) is 58.0 Å². The van der Waals surface area contributed by atoms with Gasteiger partial charge in [0.25, 0.3) is 0 Å². The molecule has 1 saturated heterocycles. The van der Waals surface area contributed by atoms with E-state index in [0.717, 1.165) is 25.1 Å². The van der Waals surface area contributed by atoms with Gasteiger partial charge in [0, 0.05) is 25.7 Å². The molecule has 0 radical (unpaired) electrons. The van der Waals surface area contributed by atoms with Gasteiger partial charge in [-0.25, -0.2) is 8.42 Å². The third kappa shape index (κ3) is 3.36. The quantitative estimate of drug-likeness (QED) is 0.890. The second-order valence-corrected chi connectivity index (χ2v) is 8.44. The molecule has 2 rings (SSSR count). The number of hydrogen-bond acceptors (Lipinski definition) is 4. The van der Waals surface area contributed by atoms with Gasteiger partial charge in [0.15, 0.2) is 0 Å². The van der Waals surface area contributed by atoms with Gasteiger partial charge in [-0.05, 0) is 39.7 Å². The van der Waals surface area contributed by atoms with E-state index in [1.165, 1.54) is 0 Å². The minimum atomic E-state index is -3.47. The van der Waals surface area contributed by atoms with Crippen LogP contribution in [0.25, 0.3) is 0 Å². The van der Waals surface area contributed by atoms with Crippen LogP contribution in [0.15, 0.2) is 4.90 Å². The molecule has 0 spiro atoms. The van der Waals surface area contributed by atoms with E-state index in [1.807, 2.05) is 18.7 Å². The first-order chi connectivity index (χ1) is 10.3. The molecule has 1 unspecified atom stereocenters. The highest BCUT2D eigenvalue weighted by molar-refractivity contribution is 7.89. The number of aromatic nitrogens is 2. The van der Waals surface area contributed by atoms with Gasteiger partial charge in [-0.2, -0.15) is 9.40 Å². The number of hydrogen-bond donors (Lipinski definition) is 1. The van der Waals surface area contributed by atoms with Crippen molar-refractivity contribution < 1.29 is 8.42 Å². The van der Waals surface area contributed by atoms with E-state index < -0.39 is 10.0 Å². The Balaban J connectivity index is 2.35. The minimum absolute atomic E-state index is 0.231. The van der Waals surface area contributed by atoms with Crippen LogP contribution < -0.4 is 5.32 Å². The van der Waals surface area contributed by atoms with Gasteiger partial charge in [-0.15, -0.1) is 0 Å². The summed E-state index contributed by atoms with van der Waals surface area (Å²) < 4.78 is 29.5. The monoisotopic (exact) mass is 328 g/mol. The fraction of sp³-hybridized carbons (Fsp3) is 0.800. The fourth-order valence-electron chi connectivity index (χ4n) is 3.10. The number of aryl methyl sites for hydroxylation is 1. The molecule has 1 aliphatic heterocycles. The van der Waals surface area contributed by atoms with Crippen molar-refractivity contribution in [3.05, 3.63) is 11.4 Å². The number of likely N-dealkylation sites (N-methyl/N-ethyl adjacent to an activating group) is 1. The molecule has 0 bridgehead atoms. The fourth-order valence-corrected chi connectivity index (χ4v) is 5.00. The smallest absolute Gasteiger partial charge is 0.246 e. The lowest BCUT2D eigenvalue weighted by Crippen LogP contribution is -2.47. The van der Waals surface area contributed by atoms with Crippen molar-refractivity contribution in [1.29, 1.82) is 0 Å². The number of rotatable bonds is 5. The van der Waals surface area contributed by atoms with Crippen molar-refractivity contribution in [1.82, 2.24) is 19.4 Å². The Hall–Kier alpha value is -0.920. The number of nitrogens with one attached hydrogen (secondary N) is 1. The first-order valence-corrected chi connectivity index (χ1v) is 9.42. The summed E-state index contributed by atoms with van der Waals surface area (Å²) in [6, 6.07) is 0.231. The molecule has 0 amide bonds. The summed E-state index contributed by atoms with van der Waals surface area (Å²) >= 11 is 0. The van der Waals surface area contributed by atoms with Crippen molar-refractivity contribution in [3.63, 3.8) is 0 Å². The Morgan fingerprint density at radius 1 is 1.36 bits per heavy atom. The van der Waals surface area contributed by atoms with Gasteiger partial charge in [0.05, 0.1) is 11.4 Å². The average molecular weight is 328 g/mol. The zero-order valence-electron chi connectivity index (χ0n) is 14.3. The molecular formula is C15H28N4O2S. The molecule has 1 aromatic heterocycles. The molecular weight excluding hydrogens is 300 g/mol. The third-order valence-corrected chi connectivity index (χ3v) is 6.36. The molecule has 1 atom stereocenters. The summed E-state index contributed by atoms with van der Waals surface area (Å²) in [5.74, 6) is 0.428. The van der Waals surface area contributed by atoms with Crippen LogP contribution in [0.3, 0.4) is 0 Å². The van der Waals surface area contributed by atoms with Gasteiger partial charge in [-0.1, -0.05) is 13.8 Å². The lowest BCUT2D eigenvalue weighted by molar-refractivity contribution is 0.292. The molecule has 1 aromatic rings. The van der Waals surface area contributed by atoms with Crippen LogP contribution in [0.4, 0.5) is 0 Å². The van der Waals surface area contributed by atoms with Crippen LogP contribution in [0.5, 0.6) is 0 Å². The molecule has 2 heterocycles. The third-order valence-electron chi connectivity index (χ3n) is 4.24. The molecule has 6 nitrogen and oxygen atoms in total. The van der Waals surface area contributed by atoms with Crippen LogP contribution in [-0.2, 0) is 16.6 Å². The van der Waals surface area contributed by atoms with Crippen molar-refractivity contribution in [3.8, 4) is 0 Å². The SMILES string of the molecule is CNC1CCCN(S(=O)(=O)c2c(C)nn(CC(C)C)c2C)C1. The Morgan fingerprint density at radius 2 is 2.05 bits per heavy atom. The Kier molecular flexibility index (Phi) is 5.29. The summed E-state index contributed by atoms with van der Waals surface area (Å²) in [5, 5.41) is 7.64. The zero-order chi connectivity index (χ0) is 16.5. The standard InChI is InChI=1S/C15H28N4O2S/c1-11(2)9-19-13(4)15(12(3)17-19)22(20,21)18-8-6-7-14(10-18)16-5/h11,14,16H,6-10H2,1-5H3. The molecule has 0 saturated carbocycles. The maximum absolute atomic E-state index is 13.0. The summed E-state index contributed by atoms with van der Waals surface area (Å²) in [5.41, 5.74) is 1.35. The highest BCUT2D eigenvalue weighted by atomic mass is 32.2. The second kappa shape index (κ2) is 6.68. The largest absolute Gasteiger partial charge is 0.316 e. The van der Waals surface area contributed by atoms with Crippen LogP contribution in [0.2, 0.25) is 0 Å². The Bertz CT molecular complexity index is 622. The molecule has 22 heavy (non-hydrogen) atoms. The topological polar surface area (TPSA) is 67.2 Å². The van der Waals surface area contributed by atoms with E-state index in [1.54, 1.807) is 11.2 Å². The summed E-state index contributed by atoms with van der Waals surface area (Å²) in [6.45, 7) is 9.72. The van der Waals surface area contributed by atoms with Crippen LogP contribution in [0.1, 0.15) is 38.1 Å². The van der Waals surface area contributed by atoms with Crippen molar-refractivity contribution >= 4 is 10.0 Å². The van der Waals surface area contributed by atoms with Gasteiger partial charge in [0.1, 0.15) is 4.90 Å². The Labute approximate surface area is 133 Å². The predicted molar refractivity (Wildman–Crippen MR) is 87.4 cm³/mol. The molecule has 0 aliphatic carbocycles. The number of piperidine rings is 1. The lowest BCUT2D eigenvalue weighted by Gasteiger charge is -2.31. The average Bonchev–Trinajstić information content (AvgIpc) is 2.73. The van der Waals surface area contributed by atoms with Gasteiger partial charge in [-0.3, -0.25) is 4.68 Å². The molecule has 1 fully saturated rings. The van der Waals surface area contributed by atoms with Crippen LogP contribution in [-0.4, -0.2) is 48.7 Å².